The van der Waals surface area contributed by atoms with Gasteiger partial charge < -0.3 is 15.2 Å². The van der Waals surface area contributed by atoms with Gasteiger partial charge in [0, 0.05) is 5.69 Å². The number of carboxylic acid groups (broad SMARTS) is 1. The Morgan fingerprint density at radius 3 is 2.67 bits per heavy atom. The van der Waals surface area contributed by atoms with E-state index in [2.05, 4.69) is 10.3 Å². The van der Waals surface area contributed by atoms with Crippen LogP contribution in [0.4, 0.5) is 16.3 Å². The first-order valence-corrected chi connectivity index (χ1v) is 9.04. The van der Waals surface area contributed by atoms with E-state index in [-0.39, 0.29) is 10.9 Å². The Bertz CT molecular complexity index is 1000. The Morgan fingerprint density at radius 2 is 1.93 bits per heavy atom. The fourth-order valence-corrected chi connectivity index (χ4v) is 3.55. The molecule has 2 aromatic heterocycles. The van der Waals surface area contributed by atoms with Crippen LogP contribution in [0.2, 0.25) is 0 Å². The van der Waals surface area contributed by atoms with Gasteiger partial charge in [0.05, 0.1) is 17.1 Å². The number of pyridine rings is 1. The van der Waals surface area contributed by atoms with Crippen molar-refractivity contribution in [1.82, 2.24) is 4.98 Å². The van der Waals surface area contributed by atoms with Crippen LogP contribution in [-0.2, 0) is 0 Å². The number of fused-ring (bicyclic) bond motifs is 1. The van der Waals surface area contributed by atoms with Crippen LogP contribution in [0.1, 0.15) is 9.67 Å². The van der Waals surface area contributed by atoms with E-state index >= 15 is 0 Å². The maximum atomic E-state index is 12.7. The number of rotatable bonds is 3. The van der Waals surface area contributed by atoms with Gasteiger partial charge in [-0.05, 0) is 36.4 Å². The van der Waals surface area contributed by atoms with Gasteiger partial charge in [0.25, 0.3) is 0 Å². The molecule has 1 aromatic carbocycles. The quantitative estimate of drug-likeness (QED) is 0.717. The fourth-order valence-electron chi connectivity index (χ4n) is 2.73. The molecule has 0 aliphatic carbocycles. The van der Waals surface area contributed by atoms with Gasteiger partial charge in [-0.25, -0.2) is 14.6 Å². The SMILES string of the molecule is O=C(O)c1ccc(-c2ccc3c(n2)N(C(=O)Nc2ccccc2)CCO3)s1. The number of para-hydroxylation sites is 1. The van der Waals surface area contributed by atoms with E-state index in [0.717, 1.165) is 11.3 Å². The number of ether oxygens (including phenoxy) is 1. The van der Waals surface area contributed by atoms with Gasteiger partial charge in [0.15, 0.2) is 11.6 Å². The predicted octanol–water partition coefficient (Wildman–Crippen LogP) is 3.94. The lowest BCUT2D eigenvalue weighted by atomic mass is 10.2. The summed E-state index contributed by atoms with van der Waals surface area (Å²) in [7, 11) is 0. The molecule has 7 nitrogen and oxygen atoms in total. The standard InChI is InChI=1S/C19H15N3O4S/c23-18(24)16-9-8-15(27-16)13-6-7-14-17(21-13)22(10-11-26-14)19(25)20-12-4-2-1-3-5-12/h1-9H,10-11H2,(H,20,25)(H,23,24). The summed E-state index contributed by atoms with van der Waals surface area (Å²) in [6, 6.07) is 15.6. The summed E-state index contributed by atoms with van der Waals surface area (Å²) in [5.74, 6) is -0.0444. The van der Waals surface area contributed by atoms with Crippen LogP contribution in [-0.4, -0.2) is 35.2 Å². The van der Waals surface area contributed by atoms with Gasteiger partial charge >= 0.3 is 12.0 Å². The molecule has 8 heteroatoms. The average molecular weight is 381 g/mol. The minimum absolute atomic E-state index is 0.236. The lowest BCUT2D eigenvalue weighted by Gasteiger charge is -2.28. The van der Waals surface area contributed by atoms with E-state index in [4.69, 9.17) is 9.84 Å². The third kappa shape index (κ3) is 3.47. The second-order valence-electron chi connectivity index (χ2n) is 5.78. The topological polar surface area (TPSA) is 91.8 Å². The number of aromatic nitrogens is 1. The van der Waals surface area contributed by atoms with Crippen LogP contribution in [0.25, 0.3) is 10.6 Å². The van der Waals surface area contributed by atoms with Gasteiger partial charge in [-0.1, -0.05) is 18.2 Å². The summed E-state index contributed by atoms with van der Waals surface area (Å²) < 4.78 is 5.61. The van der Waals surface area contributed by atoms with Crippen LogP contribution in [0.3, 0.4) is 0 Å². The van der Waals surface area contributed by atoms with E-state index in [9.17, 15) is 9.59 Å². The predicted molar refractivity (Wildman–Crippen MR) is 103 cm³/mol. The highest BCUT2D eigenvalue weighted by atomic mass is 32.1. The highest BCUT2D eigenvalue weighted by molar-refractivity contribution is 7.17. The van der Waals surface area contributed by atoms with Crippen LogP contribution in [0, 0.1) is 0 Å². The number of benzene rings is 1. The van der Waals surface area contributed by atoms with Crippen molar-refractivity contribution >= 4 is 34.8 Å². The molecule has 4 rings (SSSR count). The number of aromatic carboxylic acids is 1. The molecule has 0 atom stereocenters. The highest BCUT2D eigenvalue weighted by Gasteiger charge is 2.26. The lowest BCUT2D eigenvalue weighted by molar-refractivity contribution is 0.0702. The van der Waals surface area contributed by atoms with Crippen molar-refractivity contribution in [1.29, 1.82) is 0 Å². The molecule has 2 N–H and O–H groups in total. The zero-order valence-corrected chi connectivity index (χ0v) is 14.9. The number of amides is 2. The zero-order chi connectivity index (χ0) is 18.8. The summed E-state index contributed by atoms with van der Waals surface area (Å²) in [5.41, 5.74) is 1.28. The van der Waals surface area contributed by atoms with E-state index in [1.807, 2.05) is 30.3 Å². The molecule has 0 bridgehead atoms. The molecule has 0 radical (unpaired) electrons. The minimum atomic E-state index is -0.976. The van der Waals surface area contributed by atoms with Crippen molar-refractivity contribution in [3.8, 4) is 16.3 Å². The van der Waals surface area contributed by atoms with Gasteiger partial charge in [-0.2, -0.15) is 0 Å². The second-order valence-corrected chi connectivity index (χ2v) is 6.87. The van der Waals surface area contributed by atoms with Crippen LogP contribution < -0.4 is 15.0 Å². The van der Waals surface area contributed by atoms with E-state index in [0.29, 0.717) is 41.0 Å². The Hall–Kier alpha value is -3.39. The van der Waals surface area contributed by atoms with Crippen molar-refractivity contribution < 1.29 is 19.4 Å². The number of anilines is 2. The number of thiophene rings is 1. The molecule has 1 aliphatic heterocycles. The number of carbonyl (C=O) groups excluding carboxylic acids is 1. The average Bonchev–Trinajstić information content (AvgIpc) is 3.18. The molecule has 3 heterocycles. The summed E-state index contributed by atoms with van der Waals surface area (Å²) in [6.07, 6.45) is 0. The van der Waals surface area contributed by atoms with Crippen LogP contribution in [0.15, 0.2) is 54.6 Å². The van der Waals surface area contributed by atoms with E-state index in [1.54, 1.807) is 24.3 Å². The number of nitrogens with one attached hydrogen (secondary N) is 1. The second kappa shape index (κ2) is 7.08. The maximum absolute atomic E-state index is 12.7. The Morgan fingerprint density at radius 1 is 1.11 bits per heavy atom. The van der Waals surface area contributed by atoms with Gasteiger partial charge in [0.1, 0.15) is 11.5 Å². The van der Waals surface area contributed by atoms with Gasteiger partial charge in [-0.15, -0.1) is 11.3 Å². The van der Waals surface area contributed by atoms with Crippen molar-refractivity contribution in [3.63, 3.8) is 0 Å². The molecule has 136 valence electrons. The van der Waals surface area contributed by atoms with E-state index in [1.165, 1.54) is 4.90 Å². The molecule has 0 spiro atoms. The molecule has 0 saturated carbocycles. The molecule has 3 aromatic rings. The smallest absolute Gasteiger partial charge is 0.345 e. The van der Waals surface area contributed by atoms with E-state index < -0.39 is 5.97 Å². The molecular formula is C19H15N3O4S. The fraction of sp³-hybridized carbons (Fsp3) is 0.105. The van der Waals surface area contributed by atoms with Gasteiger partial charge in [0.2, 0.25) is 0 Å². The summed E-state index contributed by atoms with van der Waals surface area (Å²) in [6.45, 7) is 0.741. The van der Waals surface area contributed by atoms with Crippen molar-refractivity contribution in [3.05, 3.63) is 59.5 Å². The number of carboxylic acids is 1. The highest BCUT2D eigenvalue weighted by Crippen LogP contribution is 2.35. The number of carbonyl (C=O) groups is 2. The first-order valence-electron chi connectivity index (χ1n) is 8.23. The number of urea groups is 1. The first-order chi connectivity index (χ1) is 13.1. The van der Waals surface area contributed by atoms with Crippen LogP contribution >= 0.6 is 11.3 Å². The summed E-state index contributed by atoms with van der Waals surface area (Å²) >= 11 is 1.14. The minimum Gasteiger partial charge on any atom is -0.488 e. The third-order valence-electron chi connectivity index (χ3n) is 4.01. The Balaban J connectivity index is 1.64. The van der Waals surface area contributed by atoms with Crippen molar-refractivity contribution in [2.75, 3.05) is 23.4 Å². The monoisotopic (exact) mass is 381 g/mol. The number of hydrogen-bond acceptors (Lipinski definition) is 5. The van der Waals surface area contributed by atoms with Crippen LogP contribution in [0.5, 0.6) is 5.75 Å². The number of hydrogen-bond donors (Lipinski definition) is 2. The molecule has 0 saturated heterocycles. The summed E-state index contributed by atoms with van der Waals surface area (Å²) in [5, 5.41) is 11.9. The first kappa shape index (κ1) is 17.0. The third-order valence-corrected chi connectivity index (χ3v) is 5.10. The molecule has 2 amide bonds. The number of nitrogens with zero attached hydrogens (tertiary/aromatic N) is 2. The Labute approximate surface area is 158 Å². The molecular weight excluding hydrogens is 366 g/mol. The van der Waals surface area contributed by atoms with Crippen molar-refractivity contribution in [2.45, 2.75) is 0 Å². The molecule has 27 heavy (non-hydrogen) atoms. The lowest BCUT2D eigenvalue weighted by Crippen LogP contribution is -2.41. The molecule has 0 fully saturated rings. The normalized spacial score (nSPS) is 12.8. The van der Waals surface area contributed by atoms with Crippen molar-refractivity contribution in [2.24, 2.45) is 0 Å². The Kier molecular flexibility index (Phi) is 4.47. The summed E-state index contributed by atoms with van der Waals surface area (Å²) in [4.78, 5) is 30.9. The maximum Gasteiger partial charge on any atom is 0.345 e. The molecule has 0 unspecified atom stereocenters. The largest absolute Gasteiger partial charge is 0.488 e. The zero-order valence-electron chi connectivity index (χ0n) is 14.1. The molecule has 1 aliphatic rings. The van der Waals surface area contributed by atoms with Gasteiger partial charge in [-0.3, -0.25) is 4.90 Å².